The number of aryl methyl sites for hydroxylation is 2. The second-order valence-corrected chi connectivity index (χ2v) is 5.32. The number of carbonyl (C=O) groups is 1. The standard InChI is InChI=1S/C12H14N4O2S/c1-7-5-8(2)16(12(18)14-7)6-9-3-4-10(19-9)11(17)15-13/h3-5H,6,13H2,1-2H3,(H,15,17). The number of nitrogen functional groups attached to an aromatic ring is 1. The smallest absolute Gasteiger partial charge is 0.291 e. The Balaban J connectivity index is 2.29. The quantitative estimate of drug-likeness (QED) is 0.488. The van der Waals surface area contributed by atoms with Gasteiger partial charge in [-0.2, -0.15) is 4.98 Å². The van der Waals surface area contributed by atoms with E-state index in [4.69, 9.17) is 5.84 Å². The van der Waals surface area contributed by atoms with Crippen LogP contribution in [0.5, 0.6) is 0 Å². The zero-order valence-corrected chi connectivity index (χ0v) is 11.5. The monoisotopic (exact) mass is 278 g/mol. The minimum absolute atomic E-state index is 0.282. The van der Waals surface area contributed by atoms with Crippen molar-refractivity contribution in [3.63, 3.8) is 0 Å². The van der Waals surface area contributed by atoms with E-state index in [-0.39, 0.29) is 11.6 Å². The van der Waals surface area contributed by atoms with Crippen LogP contribution in [-0.4, -0.2) is 15.5 Å². The fourth-order valence-corrected chi connectivity index (χ4v) is 2.68. The van der Waals surface area contributed by atoms with Crippen molar-refractivity contribution in [3.8, 4) is 0 Å². The Morgan fingerprint density at radius 1 is 1.47 bits per heavy atom. The minimum Gasteiger partial charge on any atom is -0.291 e. The summed E-state index contributed by atoms with van der Waals surface area (Å²) in [5.41, 5.74) is 3.34. The van der Waals surface area contributed by atoms with Gasteiger partial charge < -0.3 is 0 Å². The first kappa shape index (κ1) is 13.4. The van der Waals surface area contributed by atoms with E-state index in [1.807, 2.05) is 13.0 Å². The van der Waals surface area contributed by atoms with E-state index < -0.39 is 0 Å². The maximum absolute atomic E-state index is 11.8. The number of aromatic nitrogens is 2. The molecule has 0 radical (unpaired) electrons. The van der Waals surface area contributed by atoms with Gasteiger partial charge in [-0.3, -0.25) is 14.8 Å². The summed E-state index contributed by atoms with van der Waals surface area (Å²) in [6.07, 6.45) is 0. The number of carbonyl (C=O) groups excluding carboxylic acids is 1. The van der Waals surface area contributed by atoms with E-state index >= 15 is 0 Å². The Hall–Kier alpha value is -1.99. The van der Waals surface area contributed by atoms with Crippen LogP contribution in [-0.2, 0) is 6.54 Å². The van der Waals surface area contributed by atoms with Gasteiger partial charge in [0.2, 0.25) is 0 Å². The number of rotatable bonds is 3. The topological polar surface area (TPSA) is 90.0 Å². The molecule has 0 bridgehead atoms. The SMILES string of the molecule is Cc1cc(C)n(Cc2ccc(C(=O)NN)s2)c(=O)n1. The molecule has 2 aromatic rings. The molecule has 2 rings (SSSR count). The maximum atomic E-state index is 11.8. The lowest BCUT2D eigenvalue weighted by molar-refractivity contribution is 0.0957. The molecule has 0 aliphatic carbocycles. The molecular weight excluding hydrogens is 264 g/mol. The van der Waals surface area contributed by atoms with Crippen LogP contribution >= 0.6 is 11.3 Å². The lowest BCUT2D eigenvalue weighted by Gasteiger charge is -2.07. The summed E-state index contributed by atoms with van der Waals surface area (Å²) in [5.74, 6) is 4.74. The highest BCUT2D eigenvalue weighted by molar-refractivity contribution is 7.14. The Bertz CT molecular complexity index is 675. The predicted molar refractivity (Wildman–Crippen MR) is 73.0 cm³/mol. The molecule has 0 saturated heterocycles. The van der Waals surface area contributed by atoms with Crippen LogP contribution in [0.25, 0.3) is 0 Å². The first-order valence-electron chi connectivity index (χ1n) is 5.66. The third kappa shape index (κ3) is 2.88. The van der Waals surface area contributed by atoms with Gasteiger partial charge in [0.05, 0.1) is 11.4 Å². The minimum atomic E-state index is -0.331. The van der Waals surface area contributed by atoms with Gasteiger partial charge in [0.25, 0.3) is 5.91 Å². The number of amides is 1. The Morgan fingerprint density at radius 2 is 2.21 bits per heavy atom. The lowest BCUT2D eigenvalue weighted by Crippen LogP contribution is -2.29. The third-order valence-corrected chi connectivity index (χ3v) is 3.75. The fourth-order valence-electron chi connectivity index (χ4n) is 1.78. The molecule has 0 unspecified atom stereocenters. The van der Waals surface area contributed by atoms with E-state index in [0.717, 1.165) is 10.6 Å². The molecule has 0 spiro atoms. The molecule has 1 amide bonds. The van der Waals surface area contributed by atoms with Crippen LogP contribution in [0.1, 0.15) is 25.9 Å². The number of hydrazine groups is 1. The highest BCUT2D eigenvalue weighted by Crippen LogP contribution is 2.17. The zero-order chi connectivity index (χ0) is 14.0. The summed E-state index contributed by atoms with van der Waals surface area (Å²) in [6, 6.07) is 5.34. The second kappa shape index (κ2) is 5.33. The van der Waals surface area contributed by atoms with E-state index in [1.165, 1.54) is 11.3 Å². The number of nitrogens with two attached hydrogens (primary N) is 1. The van der Waals surface area contributed by atoms with E-state index in [2.05, 4.69) is 10.4 Å². The van der Waals surface area contributed by atoms with Crippen LogP contribution in [0, 0.1) is 13.8 Å². The van der Waals surface area contributed by atoms with Crippen molar-refractivity contribution in [3.05, 3.63) is 49.8 Å². The lowest BCUT2D eigenvalue weighted by atomic mass is 10.3. The number of nitrogens with zero attached hydrogens (tertiary/aromatic N) is 2. The predicted octanol–water partition coefficient (Wildman–Crippen LogP) is 0.573. The number of thiophene rings is 1. The van der Waals surface area contributed by atoms with Crippen LogP contribution in [0.4, 0.5) is 0 Å². The largest absolute Gasteiger partial charge is 0.348 e. The molecule has 3 N–H and O–H groups in total. The molecule has 2 heterocycles. The zero-order valence-electron chi connectivity index (χ0n) is 10.6. The van der Waals surface area contributed by atoms with Gasteiger partial charge in [-0.15, -0.1) is 11.3 Å². The Kier molecular flexibility index (Phi) is 3.77. The molecule has 100 valence electrons. The first-order chi connectivity index (χ1) is 9.01. The number of hydrogen-bond acceptors (Lipinski definition) is 5. The van der Waals surface area contributed by atoms with Crippen LogP contribution in [0.15, 0.2) is 23.0 Å². The van der Waals surface area contributed by atoms with E-state index in [9.17, 15) is 9.59 Å². The summed E-state index contributed by atoms with van der Waals surface area (Å²) in [7, 11) is 0. The summed E-state index contributed by atoms with van der Waals surface area (Å²) in [6.45, 7) is 4.05. The number of hydrogen-bond donors (Lipinski definition) is 2. The molecular formula is C12H14N4O2S. The molecule has 7 heteroatoms. The maximum Gasteiger partial charge on any atom is 0.348 e. The molecule has 2 aromatic heterocycles. The summed E-state index contributed by atoms with van der Waals surface area (Å²) in [4.78, 5) is 28.5. The van der Waals surface area contributed by atoms with Crippen molar-refractivity contribution in [1.82, 2.24) is 15.0 Å². The van der Waals surface area contributed by atoms with Crippen molar-refractivity contribution >= 4 is 17.2 Å². The average Bonchev–Trinajstić information content (AvgIpc) is 2.81. The molecule has 0 aliphatic rings. The van der Waals surface area contributed by atoms with Gasteiger partial charge in [0.15, 0.2) is 0 Å². The van der Waals surface area contributed by atoms with Gasteiger partial charge in [0, 0.05) is 16.3 Å². The van der Waals surface area contributed by atoms with E-state index in [1.54, 1.807) is 23.6 Å². The van der Waals surface area contributed by atoms with Gasteiger partial charge in [-0.25, -0.2) is 10.6 Å². The van der Waals surface area contributed by atoms with Crippen molar-refractivity contribution in [2.24, 2.45) is 5.84 Å². The van der Waals surface area contributed by atoms with Gasteiger partial charge >= 0.3 is 5.69 Å². The van der Waals surface area contributed by atoms with Crippen molar-refractivity contribution < 1.29 is 4.79 Å². The summed E-state index contributed by atoms with van der Waals surface area (Å²) in [5, 5.41) is 0. The van der Waals surface area contributed by atoms with Crippen molar-refractivity contribution in [2.75, 3.05) is 0 Å². The Morgan fingerprint density at radius 3 is 2.84 bits per heavy atom. The van der Waals surface area contributed by atoms with Crippen molar-refractivity contribution in [1.29, 1.82) is 0 Å². The van der Waals surface area contributed by atoms with Gasteiger partial charge in [-0.05, 0) is 32.0 Å². The molecule has 0 saturated carbocycles. The molecule has 0 fully saturated rings. The highest BCUT2D eigenvalue weighted by atomic mass is 32.1. The second-order valence-electron chi connectivity index (χ2n) is 4.15. The van der Waals surface area contributed by atoms with Gasteiger partial charge in [-0.1, -0.05) is 0 Å². The first-order valence-corrected chi connectivity index (χ1v) is 6.47. The molecule has 19 heavy (non-hydrogen) atoms. The Labute approximate surface area is 113 Å². The van der Waals surface area contributed by atoms with Crippen LogP contribution in [0.2, 0.25) is 0 Å². The highest BCUT2D eigenvalue weighted by Gasteiger charge is 2.09. The third-order valence-electron chi connectivity index (χ3n) is 2.68. The number of nitrogens with one attached hydrogen (secondary N) is 1. The van der Waals surface area contributed by atoms with Crippen LogP contribution < -0.4 is 17.0 Å². The average molecular weight is 278 g/mol. The summed E-state index contributed by atoms with van der Waals surface area (Å²) < 4.78 is 1.57. The van der Waals surface area contributed by atoms with Crippen LogP contribution in [0.3, 0.4) is 0 Å². The van der Waals surface area contributed by atoms with Gasteiger partial charge in [0.1, 0.15) is 0 Å². The molecule has 0 aliphatic heterocycles. The van der Waals surface area contributed by atoms with E-state index in [0.29, 0.717) is 17.1 Å². The molecule has 0 atom stereocenters. The van der Waals surface area contributed by atoms with Crippen molar-refractivity contribution in [2.45, 2.75) is 20.4 Å². The fraction of sp³-hybridized carbons (Fsp3) is 0.250. The molecule has 0 aromatic carbocycles. The summed E-state index contributed by atoms with van der Waals surface area (Å²) >= 11 is 1.30. The molecule has 6 nitrogen and oxygen atoms in total. The normalized spacial score (nSPS) is 10.5.